The largest absolute Gasteiger partial charge is 0.356 e. The fourth-order valence-corrected chi connectivity index (χ4v) is 2.92. The van der Waals surface area contributed by atoms with Crippen LogP contribution in [0.3, 0.4) is 0 Å². The van der Waals surface area contributed by atoms with Crippen molar-refractivity contribution in [1.82, 2.24) is 14.9 Å². The summed E-state index contributed by atoms with van der Waals surface area (Å²) in [5.41, 5.74) is 0. The van der Waals surface area contributed by atoms with E-state index in [9.17, 15) is 8.42 Å². The average Bonchev–Trinajstić information content (AvgIpc) is 2.50. The van der Waals surface area contributed by atoms with Gasteiger partial charge in [-0.1, -0.05) is 26.2 Å². The van der Waals surface area contributed by atoms with Gasteiger partial charge in [0.15, 0.2) is 5.96 Å². The van der Waals surface area contributed by atoms with E-state index in [1.54, 1.807) is 21.0 Å². The molecular formula is C15H34N4O2S. The molecule has 0 fully saturated rings. The monoisotopic (exact) mass is 334 g/mol. The zero-order chi connectivity index (χ0) is 17.0. The second-order valence-corrected chi connectivity index (χ2v) is 7.98. The molecule has 0 rings (SSSR count). The molecular weight excluding hydrogens is 300 g/mol. The van der Waals surface area contributed by atoms with Crippen LogP contribution in [0.2, 0.25) is 0 Å². The Morgan fingerprint density at radius 1 is 1.23 bits per heavy atom. The topological polar surface area (TPSA) is 73.8 Å². The van der Waals surface area contributed by atoms with E-state index < -0.39 is 10.0 Å². The molecule has 0 amide bonds. The quantitative estimate of drug-likeness (QED) is 0.343. The number of unbranched alkanes of at least 4 members (excludes halogenated alkanes) is 2. The number of aliphatic imine (C=N–C) groups is 1. The Balaban J connectivity index is 3.97. The van der Waals surface area contributed by atoms with Crippen LogP contribution in [-0.2, 0) is 10.0 Å². The molecule has 0 bridgehead atoms. The van der Waals surface area contributed by atoms with Gasteiger partial charge in [0.1, 0.15) is 0 Å². The minimum atomic E-state index is -3.08. The molecule has 0 aromatic carbocycles. The van der Waals surface area contributed by atoms with E-state index in [0.717, 1.165) is 18.8 Å². The predicted octanol–water partition coefficient (Wildman–Crippen LogP) is 1.79. The highest BCUT2D eigenvalue weighted by atomic mass is 32.2. The molecule has 0 saturated carbocycles. The van der Waals surface area contributed by atoms with Crippen molar-refractivity contribution in [3.05, 3.63) is 0 Å². The van der Waals surface area contributed by atoms with Gasteiger partial charge in [-0.05, 0) is 26.7 Å². The number of sulfonamides is 1. The molecule has 22 heavy (non-hydrogen) atoms. The third-order valence-electron chi connectivity index (χ3n) is 3.63. The first-order valence-corrected chi connectivity index (χ1v) is 9.89. The summed E-state index contributed by atoms with van der Waals surface area (Å²) in [6.07, 6.45) is 5.60. The van der Waals surface area contributed by atoms with Crippen LogP contribution < -0.4 is 10.6 Å². The van der Waals surface area contributed by atoms with Crippen LogP contribution in [0.5, 0.6) is 0 Å². The van der Waals surface area contributed by atoms with Crippen molar-refractivity contribution in [2.75, 3.05) is 32.9 Å². The van der Waals surface area contributed by atoms with Crippen LogP contribution >= 0.6 is 0 Å². The van der Waals surface area contributed by atoms with Gasteiger partial charge in [-0.25, -0.2) is 12.7 Å². The molecule has 0 heterocycles. The average molecular weight is 335 g/mol. The van der Waals surface area contributed by atoms with E-state index in [1.807, 2.05) is 0 Å². The highest BCUT2D eigenvalue weighted by Gasteiger charge is 2.14. The Bertz CT molecular complexity index is 410. The second-order valence-electron chi connectivity index (χ2n) is 5.62. The van der Waals surface area contributed by atoms with Crippen molar-refractivity contribution in [2.45, 2.75) is 58.9 Å². The highest BCUT2D eigenvalue weighted by molar-refractivity contribution is 7.89. The normalized spacial score (nSPS) is 14.2. The van der Waals surface area contributed by atoms with Crippen molar-refractivity contribution in [3.63, 3.8) is 0 Å². The van der Waals surface area contributed by atoms with Gasteiger partial charge in [0, 0.05) is 33.2 Å². The van der Waals surface area contributed by atoms with Crippen LogP contribution in [0.4, 0.5) is 0 Å². The summed E-state index contributed by atoms with van der Waals surface area (Å²) >= 11 is 0. The fourth-order valence-electron chi connectivity index (χ4n) is 2.07. The van der Waals surface area contributed by atoms with Crippen LogP contribution in [0.25, 0.3) is 0 Å². The van der Waals surface area contributed by atoms with E-state index in [4.69, 9.17) is 0 Å². The number of rotatable bonds is 11. The number of nitrogens with zero attached hydrogens (tertiary/aromatic N) is 2. The minimum absolute atomic E-state index is 0.148. The summed E-state index contributed by atoms with van der Waals surface area (Å²) < 4.78 is 24.7. The third kappa shape index (κ3) is 9.25. The summed E-state index contributed by atoms with van der Waals surface area (Å²) in [5.74, 6) is 0.931. The summed E-state index contributed by atoms with van der Waals surface area (Å²) in [5, 5.41) is 6.60. The molecule has 0 spiro atoms. The van der Waals surface area contributed by atoms with Crippen molar-refractivity contribution in [2.24, 2.45) is 4.99 Å². The van der Waals surface area contributed by atoms with Gasteiger partial charge in [0.05, 0.1) is 5.75 Å². The zero-order valence-corrected chi connectivity index (χ0v) is 15.7. The number of nitrogens with one attached hydrogen (secondary N) is 2. The van der Waals surface area contributed by atoms with Gasteiger partial charge in [0.25, 0.3) is 0 Å². The van der Waals surface area contributed by atoms with Crippen molar-refractivity contribution < 1.29 is 8.42 Å². The first kappa shape index (κ1) is 21.2. The Labute approximate surface area is 136 Å². The maximum absolute atomic E-state index is 11.6. The zero-order valence-electron chi connectivity index (χ0n) is 14.9. The lowest BCUT2D eigenvalue weighted by Crippen LogP contribution is -2.43. The molecule has 1 atom stereocenters. The van der Waals surface area contributed by atoms with Crippen molar-refractivity contribution >= 4 is 16.0 Å². The summed E-state index contributed by atoms with van der Waals surface area (Å²) in [7, 11) is 0.302. The molecule has 1 unspecified atom stereocenters. The molecule has 0 aromatic heterocycles. The van der Waals surface area contributed by atoms with Crippen molar-refractivity contribution in [3.8, 4) is 0 Å². The molecule has 0 saturated heterocycles. The van der Waals surface area contributed by atoms with E-state index in [1.165, 1.54) is 23.6 Å². The number of hydrogen-bond acceptors (Lipinski definition) is 3. The SMILES string of the molecule is CCCCCC(C)NC(=NC)NCCCN(C)S(=O)(=O)CC. The Morgan fingerprint density at radius 3 is 2.45 bits per heavy atom. The lowest BCUT2D eigenvalue weighted by molar-refractivity contribution is 0.460. The van der Waals surface area contributed by atoms with E-state index >= 15 is 0 Å². The molecule has 0 aromatic rings. The standard InChI is InChI=1S/C15H34N4O2S/c1-6-8-9-11-14(3)18-15(16-4)17-12-10-13-19(5)22(20,21)7-2/h14H,6-13H2,1-5H3,(H2,16,17,18). The molecule has 2 N–H and O–H groups in total. The van der Waals surface area contributed by atoms with Gasteiger partial charge in [-0.15, -0.1) is 0 Å². The molecule has 0 aliphatic carbocycles. The lowest BCUT2D eigenvalue weighted by atomic mass is 10.1. The minimum Gasteiger partial charge on any atom is -0.356 e. The fraction of sp³-hybridized carbons (Fsp3) is 0.933. The van der Waals surface area contributed by atoms with E-state index in [2.05, 4.69) is 29.5 Å². The summed E-state index contributed by atoms with van der Waals surface area (Å²) in [6, 6.07) is 0.390. The number of hydrogen-bond donors (Lipinski definition) is 2. The van der Waals surface area contributed by atoms with Crippen LogP contribution in [0, 0.1) is 0 Å². The van der Waals surface area contributed by atoms with Gasteiger partial charge in [-0.2, -0.15) is 0 Å². The molecule has 0 radical (unpaired) electrons. The first-order valence-electron chi connectivity index (χ1n) is 8.28. The van der Waals surface area contributed by atoms with Crippen LogP contribution in [0.1, 0.15) is 52.9 Å². The van der Waals surface area contributed by atoms with Gasteiger partial charge < -0.3 is 10.6 Å². The Hall–Kier alpha value is -0.820. The van der Waals surface area contributed by atoms with Gasteiger partial charge in [0.2, 0.25) is 10.0 Å². The number of guanidine groups is 1. The highest BCUT2D eigenvalue weighted by Crippen LogP contribution is 2.02. The maximum Gasteiger partial charge on any atom is 0.213 e. The second kappa shape index (κ2) is 11.7. The summed E-state index contributed by atoms with van der Waals surface area (Å²) in [4.78, 5) is 4.20. The third-order valence-corrected chi connectivity index (χ3v) is 5.49. The first-order chi connectivity index (χ1) is 10.4. The molecule has 132 valence electrons. The van der Waals surface area contributed by atoms with E-state index in [-0.39, 0.29) is 5.75 Å². The molecule has 6 nitrogen and oxygen atoms in total. The van der Waals surface area contributed by atoms with Gasteiger partial charge >= 0.3 is 0 Å². The summed E-state index contributed by atoms with van der Waals surface area (Å²) in [6.45, 7) is 7.24. The van der Waals surface area contributed by atoms with Crippen molar-refractivity contribution in [1.29, 1.82) is 0 Å². The Morgan fingerprint density at radius 2 is 1.91 bits per heavy atom. The molecule has 0 aliphatic rings. The smallest absolute Gasteiger partial charge is 0.213 e. The van der Waals surface area contributed by atoms with Gasteiger partial charge in [-0.3, -0.25) is 4.99 Å². The lowest BCUT2D eigenvalue weighted by Gasteiger charge is -2.19. The Kier molecular flexibility index (Phi) is 11.3. The maximum atomic E-state index is 11.6. The van der Waals surface area contributed by atoms with Crippen LogP contribution in [0.15, 0.2) is 4.99 Å². The predicted molar refractivity (Wildman–Crippen MR) is 94.8 cm³/mol. The molecule has 7 heteroatoms. The van der Waals surface area contributed by atoms with E-state index in [0.29, 0.717) is 19.1 Å². The van der Waals surface area contributed by atoms with Crippen LogP contribution in [-0.4, -0.2) is 57.7 Å². The molecule has 0 aliphatic heterocycles.